The van der Waals surface area contributed by atoms with Crippen molar-refractivity contribution in [3.8, 4) is 5.75 Å². The molecule has 26 heavy (non-hydrogen) atoms. The van der Waals surface area contributed by atoms with Crippen LogP contribution >= 0.6 is 0 Å². The molecular formula is C23H31NO2. The molecule has 0 aliphatic carbocycles. The van der Waals surface area contributed by atoms with Crippen LogP contribution in [-0.4, -0.2) is 12.0 Å². The van der Waals surface area contributed by atoms with Gasteiger partial charge in [-0.1, -0.05) is 76.2 Å². The van der Waals surface area contributed by atoms with E-state index < -0.39 is 6.10 Å². The molecule has 2 aromatic rings. The Morgan fingerprint density at radius 2 is 1.54 bits per heavy atom. The number of carbonyl (C=O) groups excluding carboxylic acids is 1. The molecule has 0 fully saturated rings. The molecule has 0 saturated carbocycles. The SMILES string of the molecule is CC(C)C[C@H](NC(=O)[C@@H](C)Oc1ccccc1C(C)C)c1ccccc1. The van der Waals surface area contributed by atoms with Crippen LogP contribution in [0, 0.1) is 5.92 Å². The molecule has 0 saturated heterocycles. The van der Waals surface area contributed by atoms with Crippen molar-refractivity contribution in [2.75, 3.05) is 0 Å². The molecule has 140 valence electrons. The van der Waals surface area contributed by atoms with Crippen LogP contribution in [0.15, 0.2) is 54.6 Å². The van der Waals surface area contributed by atoms with Crippen LogP contribution in [0.2, 0.25) is 0 Å². The molecule has 2 rings (SSSR count). The van der Waals surface area contributed by atoms with Crippen LogP contribution in [0.25, 0.3) is 0 Å². The van der Waals surface area contributed by atoms with E-state index in [1.165, 1.54) is 0 Å². The number of nitrogens with one attached hydrogen (secondary N) is 1. The van der Waals surface area contributed by atoms with Gasteiger partial charge in [0.25, 0.3) is 5.91 Å². The van der Waals surface area contributed by atoms with Crippen LogP contribution in [0.3, 0.4) is 0 Å². The molecule has 0 aliphatic rings. The van der Waals surface area contributed by atoms with Gasteiger partial charge in [0.1, 0.15) is 5.75 Å². The van der Waals surface area contributed by atoms with Crippen molar-refractivity contribution in [3.63, 3.8) is 0 Å². The molecule has 0 aliphatic heterocycles. The van der Waals surface area contributed by atoms with Crippen LogP contribution in [0.5, 0.6) is 5.75 Å². The summed E-state index contributed by atoms with van der Waals surface area (Å²) in [5.74, 6) is 1.53. The van der Waals surface area contributed by atoms with E-state index in [0.29, 0.717) is 11.8 Å². The first-order valence-corrected chi connectivity index (χ1v) is 9.49. The lowest BCUT2D eigenvalue weighted by molar-refractivity contribution is -0.128. The molecule has 2 aromatic carbocycles. The van der Waals surface area contributed by atoms with Crippen molar-refractivity contribution in [1.82, 2.24) is 5.32 Å². The predicted molar refractivity (Wildman–Crippen MR) is 107 cm³/mol. The van der Waals surface area contributed by atoms with Gasteiger partial charge in [0.15, 0.2) is 6.10 Å². The van der Waals surface area contributed by atoms with E-state index in [0.717, 1.165) is 23.3 Å². The largest absolute Gasteiger partial charge is 0.481 e. The second kappa shape index (κ2) is 9.42. The third-order valence-electron chi connectivity index (χ3n) is 4.44. The van der Waals surface area contributed by atoms with Crippen molar-refractivity contribution in [3.05, 3.63) is 65.7 Å². The molecule has 2 atom stereocenters. The molecule has 0 radical (unpaired) electrons. The molecule has 0 unspecified atom stereocenters. The van der Waals surface area contributed by atoms with Gasteiger partial charge in [-0.05, 0) is 42.4 Å². The van der Waals surface area contributed by atoms with E-state index in [2.05, 4.69) is 51.2 Å². The van der Waals surface area contributed by atoms with Gasteiger partial charge in [0, 0.05) is 0 Å². The van der Waals surface area contributed by atoms with Gasteiger partial charge in [-0.15, -0.1) is 0 Å². The molecule has 3 nitrogen and oxygen atoms in total. The fourth-order valence-electron chi connectivity index (χ4n) is 3.03. The minimum absolute atomic E-state index is 0.00454. The molecule has 3 heteroatoms. The third kappa shape index (κ3) is 5.62. The number of para-hydroxylation sites is 1. The van der Waals surface area contributed by atoms with Crippen molar-refractivity contribution in [1.29, 1.82) is 0 Å². The van der Waals surface area contributed by atoms with Crippen molar-refractivity contribution in [2.24, 2.45) is 5.92 Å². The minimum Gasteiger partial charge on any atom is -0.481 e. The lowest BCUT2D eigenvalue weighted by Gasteiger charge is -2.24. The highest BCUT2D eigenvalue weighted by Crippen LogP contribution is 2.27. The van der Waals surface area contributed by atoms with Crippen molar-refractivity contribution < 1.29 is 9.53 Å². The molecule has 0 aromatic heterocycles. The highest BCUT2D eigenvalue weighted by atomic mass is 16.5. The summed E-state index contributed by atoms with van der Waals surface area (Å²) in [7, 11) is 0. The summed E-state index contributed by atoms with van der Waals surface area (Å²) >= 11 is 0. The van der Waals surface area contributed by atoms with Crippen LogP contribution in [0.1, 0.15) is 64.1 Å². The Bertz CT molecular complexity index is 694. The molecular weight excluding hydrogens is 322 g/mol. The van der Waals surface area contributed by atoms with Crippen molar-refractivity contribution >= 4 is 5.91 Å². The van der Waals surface area contributed by atoms with Gasteiger partial charge < -0.3 is 10.1 Å². The van der Waals surface area contributed by atoms with Gasteiger partial charge in [-0.25, -0.2) is 0 Å². The Morgan fingerprint density at radius 3 is 2.15 bits per heavy atom. The molecule has 0 heterocycles. The lowest BCUT2D eigenvalue weighted by Crippen LogP contribution is -2.39. The van der Waals surface area contributed by atoms with Gasteiger partial charge in [0.05, 0.1) is 6.04 Å². The van der Waals surface area contributed by atoms with E-state index in [-0.39, 0.29) is 11.9 Å². The number of hydrogen-bond acceptors (Lipinski definition) is 2. The van der Waals surface area contributed by atoms with E-state index in [1.807, 2.05) is 43.3 Å². The Morgan fingerprint density at radius 1 is 0.923 bits per heavy atom. The second-order valence-electron chi connectivity index (χ2n) is 7.55. The Kier molecular flexibility index (Phi) is 7.26. The van der Waals surface area contributed by atoms with Crippen molar-refractivity contribution in [2.45, 2.75) is 59.1 Å². The topological polar surface area (TPSA) is 38.3 Å². The minimum atomic E-state index is -0.548. The molecule has 1 N–H and O–H groups in total. The number of carbonyl (C=O) groups is 1. The van der Waals surface area contributed by atoms with Gasteiger partial charge in [0.2, 0.25) is 0 Å². The van der Waals surface area contributed by atoms with Crippen LogP contribution < -0.4 is 10.1 Å². The summed E-state index contributed by atoms with van der Waals surface area (Å²) in [6.45, 7) is 10.4. The van der Waals surface area contributed by atoms with Gasteiger partial charge >= 0.3 is 0 Å². The summed E-state index contributed by atoms with van der Waals surface area (Å²) < 4.78 is 6.00. The van der Waals surface area contributed by atoms with Crippen LogP contribution in [0.4, 0.5) is 0 Å². The fraction of sp³-hybridized carbons (Fsp3) is 0.435. The predicted octanol–water partition coefficient (Wildman–Crippen LogP) is 5.48. The first-order chi connectivity index (χ1) is 12.4. The summed E-state index contributed by atoms with van der Waals surface area (Å²) in [5, 5.41) is 3.17. The maximum absolute atomic E-state index is 12.8. The average Bonchev–Trinajstić information content (AvgIpc) is 2.61. The molecule has 0 spiro atoms. The molecule has 1 amide bonds. The normalized spacial score (nSPS) is 13.5. The highest BCUT2D eigenvalue weighted by molar-refractivity contribution is 5.81. The van der Waals surface area contributed by atoms with E-state index in [9.17, 15) is 4.79 Å². The monoisotopic (exact) mass is 353 g/mol. The van der Waals surface area contributed by atoms with E-state index in [1.54, 1.807) is 0 Å². The number of amides is 1. The van der Waals surface area contributed by atoms with E-state index in [4.69, 9.17) is 4.74 Å². The smallest absolute Gasteiger partial charge is 0.261 e. The summed E-state index contributed by atoms with van der Waals surface area (Å²) in [6.07, 6.45) is 0.346. The summed E-state index contributed by atoms with van der Waals surface area (Å²) in [5.41, 5.74) is 2.25. The zero-order chi connectivity index (χ0) is 19.1. The number of rotatable bonds is 8. The zero-order valence-corrected chi connectivity index (χ0v) is 16.5. The third-order valence-corrected chi connectivity index (χ3v) is 4.44. The van der Waals surface area contributed by atoms with Gasteiger partial charge in [-0.3, -0.25) is 4.79 Å². The summed E-state index contributed by atoms with van der Waals surface area (Å²) in [6, 6.07) is 18.1. The van der Waals surface area contributed by atoms with Gasteiger partial charge in [-0.2, -0.15) is 0 Å². The average molecular weight is 354 g/mol. The Balaban J connectivity index is 2.09. The maximum Gasteiger partial charge on any atom is 0.261 e. The first kappa shape index (κ1) is 20.0. The first-order valence-electron chi connectivity index (χ1n) is 9.49. The number of hydrogen-bond donors (Lipinski definition) is 1. The standard InChI is InChI=1S/C23H31NO2/c1-16(2)15-21(19-11-7-6-8-12-19)24-23(25)18(5)26-22-14-10-9-13-20(22)17(3)4/h6-14,16-18,21H,15H2,1-5H3,(H,24,25)/t18-,21+/m1/s1. The number of benzene rings is 2. The number of ether oxygens (including phenoxy) is 1. The maximum atomic E-state index is 12.8. The Hall–Kier alpha value is -2.29. The van der Waals surface area contributed by atoms with Crippen LogP contribution in [-0.2, 0) is 4.79 Å². The van der Waals surface area contributed by atoms with E-state index >= 15 is 0 Å². The Labute approximate surface area is 157 Å². The zero-order valence-electron chi connectivity index (χ0n) is 16.5. The fourth-order valence-corrected chi connectivity index (χ4v) is 3.03. The highest BCUT2D eigenvalue weighted by Gasteiger charge is 2.22. The quantitative estimate of drug-likeness (QED) is 0.682. The second-order valence-corrected chi connectivity index (χ2v) is 7.55. The lowest BCUT2D eigenvalue weighted by atomic mass is 9.97. The summed E-state index contributed by atoms with van der Waals surface area (Å²) in [4.78, 5) is 12.8. The molecule has 0 bridgehead atoms.